The van der Waals surface area contributed by atoms with E-state index >= 15 is 0 Å². The monoisotopic (exact) mass is 1280 g/mol. The second kappa shape index (κ2) is 32.3. The molecular weight excluding hydrogens is 1210 g/mol. The van der Waals surface area contributed by atoms with Crippen molar-refractivity contribution in [3.05, 3.63) is 386 Å². The number of para-hydroxylation sites is 2. The van der Waals surface area contributed by atoms with Gasteiger partial charge in [-0.2, -0.15) is 0 Å². The molecule has 9 nitrogen and oxygen atoms in total. The van der Waals surface area contributed by atoms with Crippen LogP contribution in [0.3, 0.4) is 0 Å². The van der Waals surface area contributed by atoms with Gasteiger partial charge < -0.3 is 45.1 Å². The summed E-state index contributed by atoms with van der Waals surface area (Å²) in [6, 6.07) is 122. The van der Waals surface area contributed by atoms with E-state index in [1.165, 1.54) is 22.3 Å². The van der Waals surface area contributed by atoms with Crippen LogP contribution in [0.25, 0.3) is 33.4 Å². The number of nitrogens with zero attached hydrogens (tertiary/aromatic N) is 4. The van der Waals surface area contributed by atoms with Gasteiger partial charge in [-0.1, -0.05) is 213 Å². The molecule has 0 spiro atoms. The first kappa shape index (κ1) is 65.8. The first-order valence-corrected chi connectivity index (χ1v) is 32.8. The number of aromatic hydroxyl groups is 2. The first-order chi connectivity index (χ1) is 48.2. The van der Waals surface area contributed by atoms with Gasteiger partial charge in [-0.15, -0.1) is 0 Å². The lowest BCUT2D eigenvalue weighted by Gasteiger charge is -2.26. The van der Waals surface area contributed by atoms with E-state index in [9.17, 15) is 25.5 Å². The van der Waals surface area contributed by atoms with Crippen molar-refractivity contribution in [2.45, 2.75) is 33.2 Å². The van der Waals surface area contributed by atoms with Crippen LogP contribution in [0.4, 0.5) is 68.2 Å². The van der Waals surface area contributed by atoms with Crippen LogP contribution in [0.1, 0.15) is 29.2 Å². The molecule has 14 aromatic rings. The smallest absolute Gasteiger partial charge is 0.117 e. The summed E-state index contributed by atoms with van der Waals surface area (Å²) in [4.78, 5) is 8.69. The molecule has 14 rings (SSSR count). The Morgan fingerprint density at radius 1 is 0.194 bits per heavy atom. The molecule has 0 aromatic heterocycles. The molecule has 5 N–H and O–H groups in total. The summed E-state index contributed by atoms with van der Waals surface area (Å²) in [6.45, 7) is 2.27. The fraction of sp³-hybridized carbons (Fsp3) is 0.0562. The van der Waals surface area contributed by atoms with Gasteiger partial charge in [0.05, 0.1) is 19.8 Å². The number of aliphatic hydroxyl groups excluding tert-OH is 3. The molecule has 0 amide bonds. The summed E-state index contributed by atoms with van der Waals surface area (Å²) in [6.07, 6.45) is 1.03. The first-order valence-electron chi connectivity index (χ1n) is 32.8. The predicted octanol–water partition coefficient (Wildman–Crippen LogP) is 22.4. The number of anilines is 12. The maximum Gasteiger partial charge on any atom is 0.117 e. The van der Waals surface area contributed by atoms with Crippen molar-refractivity contribution in [1.29, 1.82) is 0 Å². The van der Waals surface area contributed by atoms with Crippen molar-refractivity contribution < 1.29 is 25.5 Å². The van der Waals surface area contributed by atoms with Crippen molar-refractivity contribution >= 4 is 68.2 Å². The van der Waals surface area contributed by atoms with Crippen LogP contribution < -0.4 is 19.6 Å². The van der Waals surface area contributed by atoms with Gasteiger partial charge in [-0.05, 0) is 208 Å². The molecule has 482 valence electrons. The fourth-order valence-electron chi connectivity index (χ4n) is 11.8. The number of benzene rings is 14. The standard InChI is InChI=1S/C39H34N2O.C26H23NO2.C24H19NO2/c1-2-30-13-21-36(22-14-30)40(34-9-5-3-6-10-34)38-25-17-32(18-26-38)33-19-27-39(28-20-33)41(35-11-7-4-8-12-35)37-23-15-31(29-42)16-24-37;28-18-20-6-12-24(13-7-20)27(25-14-8-21(19-29)9-15-25)26-16-10-23(11-17-26)22-4-2-1-3-5-22;26-23-10-4-8-21(16-23)25(22-9-5-11-24(27)17-22)20-14-12-19(13-15-20)18-6-2-1-3-7-18/h3-28,42H,2,29H2,1H3;1-17,28-29H,18-19H2;1-17,26-27H. The molecule has 0 atom stereocenters. The van der Waals surface area contributed by atoms with Gasteiger partial charge in [-0.3, -0.25) is 0 Å². The van der Waals surface area contributed by atoms with E-state index in [0.29, 0.717) is 0 Å². The quantitative estimate of drug-likeness (QED) is 0.0540. The summed E-state index contributed by atoms with van der Waals surface area (Å²) >= 11 is 0. The van der Waals surface area contributed by atoms with Crippen LogP contribution in [-0.2, 0) is 26.2 Å². The van der Waals surface area contributed by atoms with Gasteiger partial charge in [0.2, 0.25) is 0 Å². The molecule has 0 heterocycles. The van der Waals surface area contributed by atoms with E-state index in [0.717, 1.165) is 108 Å². The molecule has 0 unspecified atom stereocenters. The Morgan fingerprint density at radius 3 is 0.622 bits per heavy atom. The largest absolute Gasteiger partial charge is 0.508 e. The number of hydrogen-bond acceptors (Lipinski definition) is 9. The third-order valence-corrected chi connectivity index (χ3v) is 17.0. The van der Waals surface area contributed by atoms with E-state index in [1.54, 1.807) is 36.4 Å². The van der Waals surface area contributed by atoms with Crippen LogP contribution >= 0.6 is 0 Å². The van der Waals surface area contributed by atoms with Crippen LogP contribution in [0, 0.1) is 0 Å². The molecule has 0 aliphatic carbocycles. The molecule has 98 heavy (non-hydrogen) atoms. The Labute approximate surface area is 574 Å². The summed E-state index contributed by atoms with van der Waals surface area (Å²) in [5.74, 6) is 0.386. The van der Waals surface area contributed by atoms with E-state index in [-0.39, 0.29) is 31.3 Å². The number of phenolic OH excluding ortho intramolecular Hbond substituents is 2. The molecule has 0 aliphatic heterocycles. The SMILES string of the molecule is CCc1ccc(N(c2ccccc2)c2ccc(-c3ccc(N(c4ccccc4)c4ccc(CO)cc4)cc3)cc2)cc1.OCc1ccc(N(c2ccc(CO)cc2)c2ccc(-c3ccccc3)cc2)cc1.Oc1cccc(N(c2ccc(-c3ccccc3)cc2)c2cccc(O)c2)c1. The number of aryl methyl sites for hydroxylation is 1. The Bertz CT molecular complexity index is 4520. The normalized spacial score (nSPS) is 10.7. The maximum absolute atomic E-state index is 9.93. The second-order valence-corrected chi connectivity index (χ2v) is 23.5. The highest BCUT2D eigenvalue weighted by Gasteiger charge is 2.18. The number of aliphatic hydroxyl groups is 3. The van der Waals surface area contributed by atoms with E-state index in [4.69, 9.17) is 0 Å². The molecule has 9 heteroatoms. The Kier molecular flexibility index (Phi) is 21.7. The predicted molar refractivity (Wildman–Crippen MR) is 405 cm³/mol. The highest BCUT2D eigenvalue weighted by molar-refractivity contribution is 5.83. The van der Waals surface area contributed by atoms with Gasteiger partial charge in [0.1, 0.15) is 11.5 Å². The lowest BCUT2D eigenvalue weighted by Crippen LogP contribution is -2.10. The molecule has 0 fully saturated rings. The van der Waals surface area contributed by atoms with Gasteiger partial charge in [0.15, 0.2) is 0 Å². The molecule has 0 aliphatic rings. The van der Waals surface area contributed by atoms with E-state index < -0.39 is 0 Å². The fourth-order valence-corrected chi connectivity index (χ4v) is 11.8. The van der Waals surface area contributed by atoms with Crippen molar-refractivity contribution in [3.8, 4) is 44.9 Å². The zero-order valence-corrected chi connectivity index (χ0v) is 54.5. The lowest BCUT2D eigenvalue weighted by molar-refractivity contribution is 0.281. The van der Waals surface area contributed by atoms with Gasteiger partial charge in [0.25, 0.3) is 0 Å². The third-order valence-electron chi connectivity index (χ3n) is 17.0. The topological polar surface area (TPSA) is 114 Å². The van der Waals surface area contributed by atoms with Crippen LogP contribution in [-0.4, -0.2) is 25.5 Å². The van der Waals surface area contributed by atoms with E-state index in [2.05, 4.69) is 222 Å². The van der Waals surface area contributed by atoms with Crippen molar-refractivity contribution in [2.24, 2.45) is 0 Å². The second-order valence-electron chi connectivity index (χ2n) is 23.5. The minimum Gasteiger partial charge on any atom is -0.508 e. The van der Waals surface area contributed by atoms with Crippen LogP contribution in [0.15, 0.2) is 364 Å². The maximum atomic E-state index is 9.93. The van der Waals surface area contributed by atoms with Crippen molar-refractivity contribution in [3.63, 3.8) is 0 Å². The van der Waals surface area contributed by atoms with Gasteiger partial charge >= 0.3 is 0 Å². The van der Waals surface area contributed by atoms with Crippen LogP contribution in [0.5, 0.6) is 11.5 Å². The molecular formula is C89H76N4O5. The Morgan fingerprint density at radius 2 is 0.388 bits per heavy atom. The minimum atomic E-state index is 0.0250. The van der Waals surface area contributed by atoms with Gasteiger partial charge in [-0.25, -0.2) is 0 Å². The minimum absolute atomic E-state index is 0.0250. The average molecular weight is 1280 g/mol. The van der Waals surface area contributed by atoms with Gasteiger partial charge in [0, 0.05) is 80.4 Å². The Hall–Kier alpha value is -12.2. The molecule has 0 radical (unpaired) electrons. The summed E-state index contributed by atoms with van der Waals surface area (Å²) < 4.78 is 0. The Balaban J connectivity index is 0.000000145. The van der Waals surface area contributed by atoms with Crippen molar-refractivity contribution in [1.82, 2.24) is 0 Å². The van der Waals surface area contributed by atoms with Crippen molar-refractivity contribution in [2.75, 3.05) is 19.6 Å². The summed E-state index contributed by atoms with van der Waals surface area (Å²) in [5, 5.41) is 48.1. The highest BCUT2D eigenvalue weighted by Crippen LogP contribution is 2.42. The van der Waals surface area contributed by atoms with E-state index in [1.807, 2.05) is 132 Å². The number of phenols is 2. The molecule has 14 aromatic carbocycles. The average Bonchev–Trinajstić information content (AvgIpc) is 0.835. The lowest BCUT2D eigenvalue weighted by atomic mass is 10.0. The molecule has 0 saturated carbocycles. The number of rotatable bonds is 19. The summed E-state index contributed by atoms with van der Waals surface area (Å²) in [7, 11) is 0. The molecule has 0 bridgehead atoms. The van der Waals surface area contributed by atoms with Crippen LogP contribution in [0.2, 0.25) is 0 Å². The third kappa shape index (κ3) is 16.3. The zero-order valence-electron chi connectivity index (χ0n) is 54.5. The number of hydrogen-bond donors (Lipinski definition) is 5. The summed E-state index contributed by atoms with van der Waals surface area (Å²) in [5.41, 5.74) is 23.2. The zero-order chi connectivity index (χ0) is 67.4. The highest BCUT2D eigenvalue weighted by atomic mass is 16.3. The molecule has 0 saturated heterocycles.